The van der Waals surface area contributed by atoms with Crippen LogP contribution in [0.4, 0.5) is 5.69 Å². The Labute approximate surface area is 150 Å². The number of sulfonamides is 1. The van der Waals surface area contributed by atoms with Crippen LogP contribution in [0.5, 0.6) is 0 Å². The van der Waals surface area contributed by atoms with Gasteiger partial charge in [-0.15, -0.1) is 0 Å². The van der Waals surface area contributed by atoms with E-state index >= 15 is 0 Å². The number of amides is 1. The van der Waals surface area contributed by atoms with Gasteiger partial charge in [0, 0.05) is 18.1 Å². The predicted molar refractivity (Wildman–Crippen MR) is 95.7 cm³/mol. The molecular formula is C17H15N5O3S. The van der Waals surface area contributed by atoms with Crippen LogP contribution >= 0.6 is 0 Å². The molecule has 3 rings (SSSR count). The molecule has 0 aliphatic carbocycles. The summed E-state index contributed by atoms with van der Waals surface area (Å²) in [6.07, 6.45) is 1.63. The van der Waals surface area contributed by atoms with Gasteiger partial charge in [-0.1, -0.05) is 0 Å². The lowest BCUT2D eigenvalue weighted by molar-refractivity contribution is -0.116. The van der Waals surface area contributed by atoms with E-state index in [1.165, 1.54) is 31.3 Å². The minimum atomic E-state index is -3.83. The van der Waals surface area contributed by atoms with Crippen molar-refractivity contribution in [3.8, 4) is 6.07 Å². The fraction of sp³-hybridized carbons (Fsp3) is 0.118. The number of H-pyrrole nitrogens is 1. The molecule has 1 aromatic heterocycles. The van der Waals surface area contributed by atoms with Gasteiger partial charge in [0.15, 0.2) is 0 Å². The summed E-state index contributed by atoms with van der Waals surface area (Å²) in [6, 6.07) is 12.7. The van der Waals surface area contributed by atoms with E-state index in [0.29, 0.717) is 11.3 Å². The smallest absolute Gasteiger partial charge is 0.243 e. The number of fused-ring (bicyclic) bond motifs is 1. The van der Waals surface area contributed by atoms with E-state index in [-0.39, 0.29) is 11.4 Å². The zero-order valence-corrected chi connectivity index (χ0v) is 14.6. The number of aromatic nitrogens is 2. The normalized spacial score (nSPS) is 11.4. The largest absolute Gasteiger partial charge is 0.325 e. The third-order valence-electron chi connectivity index (χ3n) is 3.78. The second-order valence-corrected chi connectivity index (χ2v) is 7.66. The Morgan fingerprint density at radius 3 is 2.69 bits per heavy atom. The first-order valence-corrected chi connectivity index (χ1v) is 9.03. The summed E-state index contributed by atoms with van der Waals surface area (Å²) in [5.74, 6) is -0.465. The van der Waals surface area contributed by atoms with Gasteiger partial charge in [0.25, 0.3) is 0 Å². The molecule has 0 bridgehead atoms. The fourth-order valence-corrected chi connectivity index (χ4v) is 3.52. The van der Waals surface area contributed by atoms with Crippen molar-refractivity contribution < 1.29 is 13.2 Å². The van der Waals surface area contributed by atoms with E-state index in [9.17, 15) is 13.2 Å². The van der Waals surface area contributed by atoms with Crippen LogP contribution in [-0.2, 0) is 14.8 Å². The average molecular weight is 369 g/mol. The lowest BCUT2D eigenvalue weighted by Gasteiger charge is -2.17. The SMILES string of the molecule is CN(CC(=O)Nc1ccc2[nH]ncc2c1)S(=O)(=O)c1ccc(C#N)cc1. The molecule has 0 saturated heterocycles. The van der Waals surface area contributed by atoms with E-state index in [2.05, 4.69) is 15.5 Å². The lowest BCUT2D eigenvalue weighted by Crippen LogP contribution is -2.34. The predicted octanol–water partition coefficient (Wildman–Crippen LogP) is 1.69. The first kappa shape index (κ1) is 17.6. The molecule has 8 nitrogen and oxygen atoms in total. The number of benzene rings is 2. The number of nitriles is 1. The van der Waals surface area contributed by atoms with Gasteiger partial charge in [0.1, 0.15) is 0 Å². The van der Waals surface area contributed by atoms with Gasteiger partial charge in [-0.2, -0.15) is 14.7 Å². The molecule has 0 saturated carbocycles. The second kappa shape index (κ2) is 6.95. The molecule has 0 unspecified atom stereocenters. The van der Waals surface area contributed by atoms with Crippen molar-refractivity contribution in [2.45, 2.75) is 4.90 Å². The quantitative estimate of drug-likeness (QED) is 0.709. The summed E-state index contributed by atoms with van der Waals surface area (Å²) in [5, 5.41) is 19.0. The maximum atomic E-state index is 12.5. The molecular weight excluding hydrogens is 354 g/mol. The van der Waals surface area contributed by atoms with E-state index in [1.807, 2.05) is 6.07 Å². The molecule has 3 aromatic rings. The van der Waals surface area contributed by atoms with Crippen molar-refractivity contribution in [2.24, 2.45) is 0 Å². The molecule has 1 heterocycles. The Morgan fingerprint density at radius 2 is 2.00 bits per heavy atom. The third kappa shape index (κ3) is 3.56. The Morgan fingerprint density at radius 1 is 1.27 bits per heavy atom. The topological polar surface area (TPSA) is 119 Å². The molecule has 0 atom stereocenters. The molecule has 0 aliphatic rings. The number of aromatic amines is 1. The van der Waals surface area contributed by atoms with Crippen LogP contribution in [0.2, 0.25) is 0 Å². The Balaban J connectivity index is 1.70. The maximum absolute atomic E-state index is 12.5. The average Bonchev–Trinajstić information content (AvgIpc) is 3.09. The summed E-state index contributed by atoms with van der Waals surface area (Å²) < 4.78 is 26.0. The molecule has 0 spiro atoms. The number of hydrogen-bond donors (Lipinski definition) is 2. The number of hydrogen-bond acceptors (Lipinski definition) is 5. The molecule has 0 radical (unpaired) electrons. The number of rotatable bonds is 5. The molecule has 132 valence electrons. The van der Waals surface area contributed by atoms with Gasteiger partial charge in [-0.05, 0) is 42.5 Å². The highest BCUT2D eigenvalue weighted by atomic mass is 32.2. The van der Waals surface area contributed by atoms with Crippen LogP contribution in [-0.4, -0.2) is 42.4 Å². The van der Waals surface area contributed by atoms with Crippen molar-refractivity contribution in [3.63, 3.8) is 0 Å². The van der Waals surface area contributed by atoms with E-state index in [1.54, 1.807) is 24.4 Å². The first-order valence-electron chi connectivity index (χ1n) is 7.59. The van der Waals surface area contributed by atoms with Crippen molar-refractivity contribution >= 4 is 32.5 Å². The third-order valence-corrected chi connectivity index (χ3v) is 5.60. The minimum absolute atomic E-state index is 0.0200. The zero-order chi connectivity index (χ0) is 18.7. The van der Waals surface area contributed by atoms with E-state index < -0.39 is 15.9 Å². The van der Waals surface area contributed by atoms with Crippen LogP contribution < -0.4 is 5.32 Å². The van der Waals surface area contributed by atoms with Gasteiger partial charge in [-0.25, -0.2) is 8.42 Å². The Kier molecular flexibility index (Phi) is 4.71. The molecule has 9 heteroatoms. The van der Waals surface area contributed by atoms with Crippen LogP contribution in [0.15, 0.2) is 53.6 Å². The number of anilines is 1. The van der Waals surface area contributed by atoms with Crippen LogP contribution in [0.1, 0.15) is 5.56 Å². The standard InChI is InChI=1S/C17H15N5O3S/c1-22(26(24,25)15-5-2-12(9-18)3-6-15)11-17(23)20-14-4-7-16-13(8-14)10-19-21-16/h2-8,10H,11H2,1H3,(H,19,21)(H,20,23). The van der Waals surface area contributed by atoms with Crippen molar-refractivity contribution in [2.75, 3.05) is 18.9 Å². The molecule has 0 fully saturated rings. The molecule has 26 heavy (non-hydrogen) atoms. The van der Waals surface area contributed by atoms with Gasteiger partial charge >= 0.3 is 0 Å². The summed E-state index contributed by atoms with van der Waals surface area (Å²) in [4.78, 5) is 12.2. The van der Waals surface area contributed by atoms with Gasteiger partial charge in [0.05, 0.1) is 34.8 Å². The van der Waals surface area contributed by atoms with Gasteiger partial charge in [0.2, 0.25) is 15.9 Å². The highest BCUT2D eigenvalue weighted by Crippen LogP contribution is 2.18. The minimum Gasteiger partial charge on any atom is -0.325 e. The van der Waals surface area contributed by atoms with Gasteiger partial charge in [-0.3, -0.25) is 9.89 Å². The summed E-state index contributed by atoms with van der Waals surface area (Å²) in [7, 11) is -2.50. The summed E-state index contributed by atoms with van der Waals surface area (Å²) in [5.41, 5.74) is 1.75. The van der Waals surface area contributed by atoms with E-state index in [4.69, 9.17) is 5.26 Å². The highest BCUT2D eigenvalue weighted by Gasteiger charge is 2.23. The van der Waals surface area contributed by atoms with E-state index in [0.717, 1.165) is 15.2 Å². The summed E-state index contributed by atoms with van der Waals surface area (Å²) >= 11 is 0. The summed E-state index contributed by atoms with van der Waals surface area (Å²) in [6.45, 7) is -0.342. The number of carbonyl (C=O) groups is 1. The van der Waals surface area contributed by atoms with Crippen LogP contribution in [0, 0.1) is 11.3 Å². The van der Waals surface area contributed by atoms with Crippen LogP contribution in [0.3, 0.4) is 0 Å². The monoisotopic (exact) mass is 369 g/mol. The zero-order valence-electron chi connectivity index (χ0n) is 13.8. The van der Waals surface area contributed by atoms with Crippen molar-refractivity contribution in [1.82, 2.24) is 14.5 Å². The number of carbonyl (C=O) groups excluding carboxylic acids is 1. The van der Waals surface area contributed by atoms with Crippen molar-refractivity contribution in [3.05, 3.63) is 54.2 Å². The first-order chi connectivity index (χ1) is 12.4. The molecule has 2 N–H and O–H groups in total. The fourth-order valence-electron chi connectivity index (χ4n) is 2.39. The van der Waals surface area contributed by atoms with Crippen LogP contribution in [0.25, 0.3) is 10.9 Å². The Hall–Kier alpha value is -3.22. The van der Waals surface area contributed by atoms with Gasteiger partial charge < -0.3 is 5.32 Å². The van der Waals surface area contributed by atoms with Crippen molar-refractivity contribution in [1.29, 1.82) is 5.26 Å². The highest BCUT2D eigenvalue weighted by molar-refractivity contribution is 7.89. The lowest BCUT2D eigenvalue weighted by atomic mass is 10.2. The molecule has 0 aliphatic heterocycles. The molecule has 1 amide bonds. The Bertz CT molecular complexity index is 1100. The number of nitrogens with one attached hydrogen (secondary N) is 2. The maximum Gasteiger partial charge on any atom is 0.243 e. The number of nitrogens with zero attached hydrogens (tertiary/aromatic N) is 3. The number of likely N-dealkylation sites (N-methyl/N-ethyl adjacent to an activating group) is 1. The molecule has 2 aromatic carbocycles. The second-order valence-electron chi connectivity index (χ2n) is 5.62.